The Labute approximate surface area is 148 Å². The SMILES string of the molecule is COc1ccc2c(c1OC)C(=O)O[C@@H]2Nc1sc(C)c(C)c1C(N)=O. The van der Waals surface area contributed by atoms with Crippen LogP contribution < -0.4 is 20.5 Å². The van der Waals surface area contributed by atoms with Crippen molar-refractivity contribution in [3.63, 3.8) is 0 Å². The molecule has 0 aliphatic carbocycles. The molecule has 2 heterocycles. The van der Waals surface area contributed by atoms with Crippen LogP contribution in [0.1, 0.15) is 42.9 Å². The van der Waals surface area contributed by atoms with E-state index in [4.69, 9.17) is 19.9 Å². The second-order valence-corrected chi connectivity index (χ2v) is 6.77. The number of hydrogen-bond acceptors (Lipinski definition) is 7. The molecule has 0 spiro atoms. The number of fused-ring (bicyclic) bond motifs is 1. The highest BCUT2D eigenvalue weighted by atomic mass is 32.1. The summed E-state index contributed by atoms with van der Waals surface area (Å²) < 4.78 is 16.0. The Hall–Kier alpha value is -2.74. The summed E-state index contributed by atoms with van der Waals surface area (Å²) in [5, 5.41) is 3.68. The third-order valence-electron chi connectivity index (χ3n) is 4.18. The van der Waals surface area contributed by atoms with E-state index in [1.54, 1.807) is 12.1 Å². The van der Waals surface area contributed by atoms with Crippen molar-refractivity contribution < 1.29 is 23.8 Å². The number of primary amides is 1. The molecule has 1 aromatic heterocycles. The molecule has 1 aliphatic heterocycles. The second kappa shape index (κ2) is 6.29. The third kappa shape index (κ3) is 2.68. The molecule has 3 rings (SSSR count). The van der Waals surface area contributed by atoms with Crippen LogP contribution in [0.2, 0.25) is 0 Å². The molecule has 25 heavy (non-hydrogen) atoms. The van der Waals surface area contributed by atoms with Gasteiger partial charge in [-0.25, -0.2) is 4.79 Å². The molecule has 1 aromatic carbocycles. The van der Waals surface area contributed by atoms with Crippen LogP contribution in [0.4, 0.5) is 5.00 Å². The number of anilines is 1. The van der Waals surface area contributed by atoms with Gasteiger partial charge in [-0.2, -0.15) is 0 Å². The van der Waals surface area contributed by atoms with E-state index in [1.807, 2.05) is 13.8 Å². The summed E-state index contributed by atoms with van der Waals surface area (Å²) in [5.74, 6) is -0.280. The zero-order valence-corrected chi connectivity index (χ0v) is 15.1. The number of nitrogens with one attached hydrogen (secondary N) is 1. The van der Waals surface area contributed by atoms with E-state index < -0.39 is 18.1 Å². The highest BCUT2D eigenvalue weighted by Crippen LogP contribution is 2.43. The Bertz CT molecular complexity index is 874. The average Bonchev–Trinajstić information content (AvgIpc) is 3.04. The second-order valence-electron chi connectivity index (χ2n) is 5.55. The van der Waals surface area contributed by atoms with Gasteiger partial charge in [-0.05, 0) is 31.5 Å². The smallest absolute Gasteiger partial charge is 0.344 e. The van der Waals surface area contributed by atoms with Gasteiger partial charge in [0.25, 0.3) is 5.91 Å². The molecule has 0 unspecified atom stereocenters. The van der Waals surface area contributed by atoms with Gasteiger partial charge in [0.2, 0.25) is 6.23 Å². The Morgan fingerprint density at radius 1 is 1.28 bits per heavy atom. The lowest BCUT2D eigenvalue weighted by Gasteiger charge is -2.15. The van der Waals surface area contributed by atoms with Gasteiger partial charge in [0.05, 0.1) is 19.8 Å². The third-order valence-corrected chi connectivity index (χ3v) is 5.32. The number of rotatable bonds is 5. The fourth-order valence-corrected chi connectivity index (χ4v) is 3.94. The number of thiophene rings is 1. The molecular weight excluding hydrogens is 344 g/mol. The fourth-order valence-electron chi connectivity index (χ4n) is 2.85. The molecule has 0 saturated heterocycles. The van der Waals surface area contributed by atoms with Gasteiger partial charge in [0, 0.05) is 10.4 Å². The number of esters is 1. The number of carbonyl (C=O) groups excluding carboxylic acids is 2. The van der Waals surface area contributed by atoms with E-state index in [0.29, 0.717) is 33.2 Å². The summed E-state index contributed by atoms with van der Waals surface area (Å²) in [6.45, 7) is 3.74. The number of amides is 1. The van der Waals surface area contributed by atoms with Crippen LogP contribution in [-0.4, -0.2) is 26.1 Å². The lowest BCUT2D eigenvalue weighted by molar-refractivity contribution is 0.0435. The zero-order valence-electron chi connectivity index (χ0n) is 14.3. The molecular formula is C17H18N2O5S. The van der Waals surface area contributed by atoms with Crippen molar-refractivity contribution in [2.45, 2.75) is 20.1 Å². The molecule has 7 nitrogen and oxygen atoms in total. The molecule has 0 radical (unpaired) electrons. The maximum absolute atomic E-state index is 12.3. The Morgan fingerprint density at radius 3 is 2.60 bits per heavy atom. The van der Waals surface area contributed by atoms with Crippen molar-refractivity contribution >= 4 is 28.2 Å². The van der Waals surface area contributed by atoms with E-state index >= 15 is 0 Å². The lowest BCUT2D eigenvalue weighted by atomic mass is 10.1. The van der Waals surface area contributed by atoms with Gasteiger partial charge in [-0.1, -0.05) is 0 Å². The van der Waals surface area contributed by atoms with Gasteiger partial charge in [0.15, 0.2) is 11.5 Å². The topological polar surface area (TPSA) is 99.9 Å². The quantitative estimate of drug-likeness (QED) is 0.794. The van der Waals surface area contributed by atoms with Gasteiger partial charge in [-0.3, -0.25) is 4.79 Å². The van der Waals surface area contributed by atoms with E-state index in [-0.39, 0.29) is 0 Å². The Balaban J connectivity index is 2.03. The first-order chi connectivity index (χ1) is 11.9. The summed E-state index contributed by atoms with van der Waals surface area (Å²) in [7, 11) is 2.96. The molecule has 2 aromatic rings. The Morgan fingerprint density at radius 2 is 2.00 bits per heavy atom. The van der Waals surface area contributed by atoms with E-state index in [1.165, 1.54) is 25.6 Å². The summed E-state index contributed by atoms with van der Waals surface area (Å²) in [6.07, 6.45) is -0.738. The van der Waals surface area contributed by atoms with Crippen LogP contribution in [0.15, 0.2) is 12.1 Å². The van der Waals surface area contributed by atoms with Crippen LogP contribution in [0.3, 0.4) is 0 Å². The van der Waals surface area contributed by atoms with E-state index in [9.17, 15) is 9.59 Å². The zero-order chi connectivity index (χ0) is 18.3. The number of benzene rings is 1. The number of methoxy groups -OCH3 is 2. The normalized spacial score (nSPS) is 15.5. The number of carbonyl (C=O) groups is 2. The predicted octanol–water partition coefficient (Wildman–Crippen LogP) is 2.76. The summed E-state index contributed by atoms with van der Waals surface area (Å²) in [5.41, 5.74) is 7.64. The standard InChI is InChI=1S/C17H18N2O5S/c1-7-8(2)25-16(11(7)14(18)20)19-15-9-5-6-10(22-3)13(23-4)12(9)17(21)24-15/h5-6,15,19H,1-4H3,(H2,18,20)/t15-/m0/s1. The minimum absolute atomic E-state index is 0.310. The minimum Gasteiger partial charge on any atom is -0.493 e. The summed E-state index contributed by atoms with van der Waals surface area (Å²) in [6, 6.07) is 3.44. The lowest BCUT2D eigenvalue weighted by Crippen LogP contribution is -2.16. The summed E-state index contributed by atoms with van der Waals surface area (Å²) in [4.78, 5) is 25.1. The van der Waals surface area contributed by atoms with Crippen LogP contribution in [-0.2, 0) is 4.74 Å². The van der Waals surface area contributed by atoms with Crippen LogP contribution >= 0.6 is 11.3 Å². The van der Waals surface area contributed by atoms with Gasteiger partial charge >= 0.3 is 5.97 Å². The molecule has 1 aliphatic rings. The van der Waals surface area contributed by atoms with Crippen molar-refractivity contribution in [2.75, 3.05) is 19.5 Å². The molecule has 0 bridgehead atoms. The van der Waals surface area contributed by atoms with Crippen LogP contribution in [0.5, 0.6) is 11.5 Å². The van der Waals surface area contributed by atoms with Gasteiger partial charge in [-0.15, -0.1) is 11.3 Å². The van der Waals surface area contributed by atoms with Crippen molar-refractivity contribution in [2.24, 2.45) is 5.73 Å². The maximum atomic E-state index is 12.3. The van der Waals surface area contributed by atoms with E-state index in [0.717, 1.165) is 10.4 Å². The monoisotopic (exact) mass is 362 g/mol. The van der Waals surface area contributed by atoms with Crippen LogP contribution in [0.25, 0.3) is 0 Å². The number of cyclic esters (lactones) is 1. The fraction of sp³-hybridized carbons (Fsp3) is 0.294. The number of aryl methyl sites for hydroxylation is 1. The molecule has 8 heteroatoms. The van der Waals surface area contributed by atoms with Crippen LogP contribution in [0, 0.1) is 13.8 Å². The van der Waals surface area contributed by atoms with Crippen molar-refractivity contribution in [1.82, 2.24) is 0 Å². The maximum Gasteiger partial charge on any atom is 0.344 e. The van der Waals surface area contributed by atoms with Gasteiger partial charge in [0.1, 0.15) is 10.6 Å². The molecule has 132 valence electrons. The first-order valence-corrected chi connectivity index (χ1v) is 8.32. The minimum atomic E-state index is -0.738. The molecule has 1 atom stereocenters. The number of ether oxygens (including phenoxy) is 3. The largest absolute Gasteiger partial charge is 0.493 e. The number of nitrogens with two attached hydrogens (primary N) is 1. The molecule has 0 fully saturated rings. The highest BCUT2D eigenvalue weighted by molar-refractivity contribution is 7.16. The van der Waals surface area contributed by atoms with Crippen molar-refractivity contribution in [3.8, 4) is 11.5 Å². The molecule has 3 N–H and O–H groups in total. The van der Waals surface area contributed by atoms with Crippen molar-refractivity contribution in [1.29, 1.82) is 0 Å². The molecule has 0 saturated carbocycles. The molecule has 1 amide bonds. The highest BCUT2D eigenvalue weighted by Gasteiger charge is 2.36. The Kier molecular flexibility index (Phi) is 4.30. The first kappa shape index (κ1) is 17.1. The number of hydrogen-bond donors (Lipinski definition) is 2. The summed E-state index contributed by atoms with van der Waals surface area (Å²) >= 11 is 1.39. The first-order valence-electron chi connectivity index (χ1n) is 7.51. The average molecular weight is 362 g/mol. The van der Waals surface area contributed by atoms with E-state index in [2.05, 4.69) is 5.32 Å². The van der Waals surface area contributed by atoms with Crippen molar-refractivity contribution in [3.05, 3.63) is 39.3 Å². The predicted molar refractivity (Wildman–Crippen MR) is 93.6 cm³/mol. The van der Waals surface area contributed by atoms with Gasteiger partial charge < -0.3 is 25.3 Å².